The van der Waals surface area contributed by atoms with Crippen LogP contribution in [0.4, 0.5) is 5.00 Å². The Balaban J connectivity index is 1.66. The Hall–Kier alpha value is -2.21. The summed E-state index contributed by atoms with van der Waals surface area (Å²) >= 11 is 1.46. The van der Waals surface area contributed by atoms with Gasteiger partial charge in [0.1, 0.15) is 17.1 Å². The Morgan fingerprint density at radius 2 is 2.00 bits per heavy atom. The molecule has 29 heavy (non-hydrogen) atoms. The molecule has 2 aromatic rings. The van der Waals surface area contributed by atoms with Crippen molar-refractivity contribution >= 4 is 32.3 Å². The van der Waals surface area contributed by atoms with Crippen molar-refractivity contribution in [3.8, 4) is 6.07 Å². The molecule has 0 saturated heterocycles. The van der Waals surface area contributed by atoms with E-state index in [0.29, 0.717) is 17.0 Å². The highest BCUT2D eigenvalue weighted by molar-refractivity contribution is 7.89. The molecule has 1 aliphatic heterocycles. The van der Waals surface area contributed by atoms with Crippen LogP contribution in [-0.2, 0) is 40.6 Å². The van der Waals surface area contributed by atoms with Gasteiger partial charge in [0.05, 0.1) is 11.3 Å². The van der Waals surface area contributed by atoms with E-state index < -0.39 is 16.1 Å². The van der Waals surface area contributed by atoms with Gasteiger partial charge < -0.3 is 5.32 Å². The minimum Gasteiger partial charge on any atom is -0.315 e. The Bertz CT molecular complexity index is 1100. The second kappa shape index (κ2) is 7.90. The number of carbonyl (C=O) groups is 1. The van der Waals surface area contributed by atoms with E-state index in [0.717, 1.165) is 47.3 Å². The SMILES string of the molecule is CCS(=O)(=O)N1Cc2ccccc2C[C@@H]1C(=O)Nc1sc2c(c1C#N)CCCC2. The summed E-state index contributed by atoms with van der Waals surface area (Å²) in [6.07, 6.45) is 4.26. The van der Waals surface area contributed by atoms with E-state index in [1.54, 1.807) is 6.92 Å². The third kappa shape index (κ3) is 3.70. The van der Waals surface area contributed by atoms with Gasteiger partial charge in [0.15, 0.2) is 0 Å². The topological polar surface area (TPSA) is 90.3 Å². The van der Waals surface area contributed by atoms with E-state index in [-0.39, 0.29) is 18.2 Å². The molecule has 1 N–H and O–H groups in total. The van der Waals surface area contributed by atoms with Crippen LogP contribution >= 0.6 is 11.3 Å². The normalized spacial score (nSPS) is 19.1. The molecule has 4 rings (SSSR count). The fourth-order valence-corrected chi connectivity index (χ4v) is 6.62. The summed E-state index contributed by atoms with van der Waals surface area (Å²) in [5, 5.41) is 13.1. The molecule has 1 amide bonds. The number of hydrogen-bond donors (Lipinski definition) is 1. The first kappa shape index (κ1) is 20.1. The van der Waals surface area contributed by atoms with E-state index in [9.17, 15) is 18.5 Å². The minimum atomic E-state index is -3.56. The number of fused-ring (bicyclic) bond motifs is 2. The van der Waals surface area contributed by atoms with Crippen molar-refractivity contribution in [2.24, 2.45) is 0 Å². The predicted octanol–water partition coefficient (Wildman–Crippen LogP) is 3.21. The molecule has 0 saturated carbocycles. The van der Waals surface area contributed by atoms with Gasteiger partial charge in [-0.25, -0.2) is 8.42 Å². The highest BCUT2D eigenvalue weighted by Gasteiger charge is 2.38. The number of carbonyl (C=O) groups excluding carboxylic acids is 1. The molecule has 6 nitrogen and oxygen atoms in total. The number of thiophene rings is 1. The van der Waals surface area contributed by atoms with Crippen LogP contribution in [0.2, 0.25) is 0 Å². The van der Waals surface area contributed by atoms with Gasteiger partial charge in [-0.3, -0.25) is 4.79 Å². The van der Waals surface area contributed by atoms with Crippen LogP contribution in [0.3, 0.4) is 0 Å². The number of rotatable bonds is 4. The summed E-state index contributed by atoms with van der Waals surface area (Å²) in [6, 6.07) is 9.05. The quantitative estimate of drug-likeness (QED) is 0.808. The van der Waals surface area contributed by atoms with Gasteiger partial charge in [0.2, 0.25) is 15.9 Å². The summed E-state index contributed by atoms with van der Waals surface area (Å²) in [6.45, 7) is 1.78. The second-order valence-electron chi connectivity index (χ2n) is 7.45. The number of aryl methyl sites for hydroxylation is 1. The van der Waals surface area contributed by atoms with Gasteiger partial charge >= 0.3 is 0 Å². The molecule has 1 atom stereocenters. The van der Waals surface area contributed by atoms with E-state index in [2.05, 4.69) is 11.4 Å². The Morgan fingerprint density at radius 3 is 2.72 bits per heavy atom. The average Bonchev–Trinajstić information content (AvgIpc) is 3.09. The fraction of sp³-hybridized carbons (Fsp3) is 0.429. The lowest BCUT2D eigenvalue weighted by molar-refractivity contribution is -0.120. The summed E-state index contributed by atoms with van der Waals surface area (Å²) in [4.78, 5) is 14.4. The molecule has 0 spiro atoms. The van der Waals surface area contributed by atoms with Crippen molar-refractivity contribution in [1.82, 2.24) is 4.31 Å². The maximum absolute atomic E-state index is 13.2. The molecule has 152 valence electrons. The maximum atomic E-state index is 13.2. The van der Waals surface area contributed by atoms with Crippen molar-refractivity contribution in [1.29, 1.82) is 5.26 Å². The largest absolute Gasteiger partial charge is 0.315 e. The molecule has 8 heteroatoms. The lowest BCUT2D eigenvalue weighted by Gasteiger charge is -2.34. The Labute approximate surface area is 175 Å². The van der Waals surface area contributed by atoms with Crippen LogP contribution in [0.25, 0.3) is 0 Å². The number of hydrogen-bond acceptors (Lipinski definition) is 5. The van der Waals surface area contributed by atoms with Crippen LogP contribution in [0, 0.1) is 11.3 Å². The first-order valence-corrected chi connectivity index (χ1v) is 12.3. The lowest BCUT2D eigenvalue weighted by atomic mass is 9.95. The molecule has 1 aromatic heterocycles. The van der Waals surface area contributed by atoms with Crippen LogP contribution in [0.15, 0.2) is 24.3 Å². The third-order valence-electron chi connectivity index (χ3n) is 5.75. The molecule has 2 aliphatic rings. The summed E-state index contributed by atoms with van der Waals surface area (Å²) in [5.41, 5.74) is 3.50. The number of nitrogens with one attached hydrogen (secondary N) is 1. The van der Waals surface area contributed by atoms with Gasteiger partial charge in [-0.1, -0.05) is 24.3 Å². The molecule has 0 bridgehead atoms. The van der Waals surface area contributed by atoms with Crippen LogP contribution in [0.5, 0.6) is 0 Å². The number of sulfonamides is 1. The Kier molecular flexibility index (Phi) is 5.47. The minimum absolute atomic E-state index is 0.0598. The first-order valence-electron chi connectivity index (χ1n) is 9.86. The van der Waals surface area contributed by atoms with Gasteiger partial charge in [0.25, 0.3) is 0 Å². The van der Waals surface area contributed by atoms with Crippen molar-refractivity contribution in [2.75, 3.05) is 11.1 Å². The third-order valence-corrected chi connectivity index (χ3v) is 8.79. The molecular weight excluding hydrogens is 406 g/mol. The van der Waals surface area contributed by atoms with E-state index >= 15 is 0 Å². The standard InChI is InChI=1S/C21H23N3O3S2/c1-2-29(26,27)24-13-15-8-4-3-7-14(15)11-18(24)20(25)23-21-17(12-22)16-9-5-6-10-19(16)28-21/h3-4,7-8,18H,2,5-6,9-11,13H2,1H3,(H,23,25)/t18-/m1/s1. The number of amides is 1. The summed E-state index contributed by atoms with van der Waals surface area (Å²) in [5.74, 6) is -0.429. The van der Waals surface area contributed by atoms with Gasteiger partial charge in [-0.15, -0.1) is 11.3 Å². The summed E-state index contributed by atoms with van der Waals surface area (Å²) in [7, 11) is -3.56. The highest BCUT2D eigenvalue weighted by Crippen LogP contribution is 2.38. The molecular formula is C21H23N3O3S2. The Morgan fingerprint density at radius 1 is 1.28 bits per heavy atom. The maximum Gasteiger partial charge on any atom is 0.243 e. The molecule has 0 fully saturated rings. The van der Waals surface area contributed by atoms with Crippen molar-refractivity contribution in [3.05, 3.63) is 51.4 Å². The zero-order valence-electron chi connectivity index (χ0n) is 16.3. The fourth-order valence-electron chi connectivity index (χ4n) is 4.15. The smallest absolute Gasteiger partial charge is 0.243 e. The molecule has 2 heterocycles. The van der Waals surface area contributed by atoms with E-state index in [4.69, 9.17) is 0 Å². The summed E-state index contributed by atoms with van der Waals surface area (Å²) < 4.78 is 26.7. The van der Waals surface area contributed by atoms with Crippen molar-refractivity contribution in [3.63, 3.8) is 0 Å². The molecule has 1 aliphatic carbocycles. The van der Waals surface area contributed by atoms with Crippen LogP contribution < -0.4 is 5.32 Å². The number of anilines is 1. The van der Waals surface area contributed by atoms with Gasteiger partial charge in [-0.2, -0.15) is 9.57 Å². The second-order valence-corrected chi connectivity index (χ2v) is 10.8. The first-order chi connectivity index (χ1) is 13.9. The molecule has 1 aromatic carbocycles. The van der Waals surface area contributed by atoms with Gasteiger partial charge in [0, 0.05) is 11.4 Å². The van der Waals surface area contributed by atoms with Crippen molar-refractivity contribution < 1.29 is 13.2 Å². The predicted molar refractivity (Wildman–Crippen MR) is 113 cm³/mol. The van der Waals surface area contributed by atoms with Gasteiger partial charge in [-0.05, 0) is 55.7 Å². The molecule has 0 unspecified atom stereocenters. The monoisotopic (exact) mass is 429 g/mol. The average molecular weight is 430 g/mol. The van der Waals surface area contributed by atoms with E-state index in [1.165, 1.54) is 15.6 Å². The van der Waals surface area contributed by atoms with E-state index in [1.807, 2.05) is 24.3 Å². The van der Waals surface area contributed by atoms with Crippen LogP contribution in [0.1, 0.15) is 46.9 Å². The number of benzene rings is 1. The lowest BCUT2D eigenvalue weighted by Crippen LogP contribution is -2.51. The zero-order valence-corrected chi connectivity index (χ0v) is 17.9. The van der Waals surface area contributed by atoms with Crippen molar-refractivity contribution in [2.45, 2.75) is 51.6 Å². The molecule has 0 radical (unpaired) electrons. The number of nitriles is 1. The van der Waals surface area contributed by atoms with Crippen LogP contribution in [-0.4, -0.2) is 30.4 Å². The zero-order chi connectivity index (χ0) is 20.6. The highest BCUT2D eigenvalue weighted by atomic mass is 32.2. The number of nitrogens with zero attached hydrogens (tertiary/aromatic N) is 2.